The lowest BCUT2D eigenvalue weighted by Crippen LogP contribution is -2.20. The minimum Gasteiger partial charge on any atom is -0.351 e. The van der Waals surface area contributed by atoms with Crippen molar-refractivity contribution in [1.82, 2.24) is 0 Å². The van der Waals surface area contributed by atoms with Gasteiger partial charge < -0.3 is 11.1 Å². The number of hydrogen-bond donors (Lipinski definition) is 3. The summed E-state index contributed by atoms with van der Waals surface area (Å²) in [7, 11) is 0. The fourth-order valence-corrected chi connectivity index (χ4v) is 1.26. The third-order valence-corrected chi connectivity index (χ3v) is 1.87. The Balaban J connectivity index is 3.04. The number of rotatable bonds is 1. The molecule has 0 bridgehead atoms. The number of para-hydroxylation sites is 1. The van der Waals surface area contributed by atoms with Gasteiger partial charge in [-0.3, -0.25) is 0 Å². The molecule has 0 fully saturated rings. The maximum atomic E-state index is 10.6. The molecule has 1 aromatic rings. The first-order valence-corrected chi connectivity index (χ1v) is 3.91. The molecule has 1 rings (SSSR count). The molecule has 0 aromatic heterocycles. The normalized spacial score (nSPS) is 9.50. The van der Waals surface area contributed by atoms with Crippen molar-refractivity contribution in [3.63, 3.8) is 0 Å². The molecule has 0 aliphatic rings. The highest BCUT2D eigenvalue weighted by Gasteiger charge is 2.03. The second-order valence-electron chi connectivity index (χ2n) is 2.46. The van der Waals surface area contributed by atoms with Crippen LogP contribution in [-0.4, -0.2) is 6.03 Å². The molecule has 4 heteroatoms. The summed E-state index contributed by atoms with van der Waals surface area (Å²) in [4.78, 5) is 11.3. The summed E-state index contributed by atoms with van der Waals surface area (Å²) in [6.07, 6.45) is 0. The van der Waals surface area contributed by atoms with Gasteiger partial charge in [0.25, 0.3) is 0 Å². The molecule has 0 aliphatic carbocycles. The number of anilines is 1. The van der Waals surface area contributed by atoms with Crippen molar-refractivity contribution >= 4 is 24.3 Å². The predicted octanol–water partition coefficient (Wildman–Crippen LogP) is 1.77. The molecule has 0 radical (unpaired) electrons. The molecular weight excluding hydrogens is 172 g/mol. The largest absolute Gasteiger partial charge is 0.351 e. The Morgan fingerprint density at radius 1 is 1.58 bits per heavy atom. The first-order valence-electron chi connectivity index (χ1n) is 3.46. The minimum absolute atomic E-state index is 0.570. The van der Waals surface area contributed by atoms with Crippen molar-refractivity contribution in [2.24, 2.45) is 5.73 Å². The van der Waals surface area contributed by atoms with E-state index < -0.39 is 6.03 Å². The van der Waals surface area contributed by atoms with E-state index >= 15 is 0 Å². The SMILES string of the molecule is Cc1cccc(S)c1NC(N)=O. The van der Waals surface area contributed by atoms with Crippen molar-refractivity contribution in [3.05, 3.63) is 23.8 Å². The quantitative estimate of drug-likeness (QED) is 0.570. The fraction of sp³-hybridized carbons (Fsp3) is 0.125. The molecule has 2 amide bonds. The molecule has 3 nitrogen and oxygen atoms in total. The van der Waals surface area contributed by atoms with Gasteiger partial charge in [-0.05, 0) is 18.6 Å². The van der Waals surface area contributed by atoms with Crippen LogP contribution < -0.4 is 11.1 Å². The summed E-state index contributed by atoms with van der Waals surface area (Å²) >= 11 is 4.17. The van der Waals surface area contributed by atoms with E-state index in [1.54, 1.807) is 6.07 Å². The Kier molecular flexibility index (Phi) is 2.60. The minimum atomic E-state index is -0.570. The van der Waals surface area contributed by atoms with Crippen LogP contribution in [0.15, 0.2) is 23.1 Å². The maximum absolute atomic E-state index is 10.6. The third kappa shape index (κ3) is 1.92. The monoisotopic (exact) mass is 182 g/mol. The van der Waals surface area contributed by atoms with Gasteiger partial charge in [-0.2, -0.15) is 0 Å². The number of aryl methyl sites for hydroxylation is 1. The van der Waals surface area contributed by atoms with Gasteiger partial charge in [0.05, 0.1) is 5.69 Å². The van der Waals surface area contributed by atoms with Crippen LogP contribution in [0.5, 0.6) is 0 Å². The van der Waals surface area contributed by atoms with Gasteiger partial charge in [-0.1, -0.05) is 12.1 Å². The number of urea groups is 1. The Bertz CT molecular complexity index is 292. The number of carbonyl (C=O) groups is 1. The van der Waals surface area contributed by atoms with Gasteiger partial charge >= 0.3 is 6.03 Å². The van der Waals surface area contributed by atoms with Crippen LogP contribution in [0.4, 0.5) is 10.5 Å². The molecule has 0 atom stereocenters. The third-order valence-electron chi connectivity index (χ3n) is 1.50. The molecule has 0 unspecified atom stereocenters. The van der Waals surface area contributed by atoms with Crippen LogP contribution in [0.1, 0.15) is 5.56 Å². The predicted molar refractivity (Wildman–Crippen MR) is 51.6 cm³/mol. The van der Waals surface area contributed by atoms with Gasteiger partial charge in [0.2, 0.25) is 0 Å². The smallest absolute Gasteiger partial charge is 0.316 e. The number of thiol groups is 1. The summed E-state index contributed by atoms with van der Waals surface area (Å²) in [6.45, 7) is 1.88. The Morgan fingerprint density at radius 3 is 2.75 bits per heavy atom. The van der Waals surface area contributed by atoms with E-state index in [0.29, 0.717) is 10.6 Å². The van der Waals surface area contributed by atoms with E-state index in [1.165, 1.54) is 0 Å². The summed E-state index contributed by atoms with van der Waals surface area (Å²) < 4.78 is 0. The molecule has 0 spiro atoms. The Labute approximate surface area is 76.4 Å². The number of carbonyl (C=O) groups excluding carboxylic acids is 1. The molecule has 0 aliphatic heterocycles. The number of hydrogen-bond acceptors (Lipinski definition) is 2. The van der Waals surface area contributed by atoms with E-state index in [2.05, 4.69) is 17.9 Å². The van der Waals surface area contributed by atoms with Crippen molar-refractivity contribution < 1.29 is 4.79 Å². The number of amides is 2. The zero-order valence-corrected chi connectivity index (χ0v) is 7.56. The van der Waals surface area contributed by atoms with Crippen LogP contribution in [-0.2, 0) is 0 Å². The van der Waals surface area contributed by atoms with Crippen LogP contribution in [0.2, 0.25) is 0 Å². The number of benzene rings is 1. The van der Waals surface area contributed by atoms with Gasteiger partial charge in [-0.25, -0.2) is 4.79 Å². The van der Waals surface area contributed by atoms with Gasteiger partial charge in [-0.15, -0.1) is 12.6 Å². The van der Waals surface area contributed by atoms with Gasteiger partial charge in [0.1, 0.15) is 0 Å². The first-order chi connectivity index (χ1) is 5.61. The Hall–Kier alpha value is -1.16. The maximum Gasteiger partial charge on any atom is 0.316 e. The lowest BCUT2D eigenvalue weighted by molar-refractivity contribution is 0.259. The molecular formula is C8H10N2OS. The summed E-state index contributed by atoms with van der Waals surface area (Å²) in [5.74, 6) is 0. The Morgan fingerprint density at radius 2 is 2.25 bits per heavy atom. The van der Waals surface area contributed by atoms with Gasteiger partial charge in [0, 0.05) is 4.90 Å². The highest BCUT2D eigenvalue weighted by atomic mass is 32.1. The lowest BCUT2D eigenvalue weighted by Gasteiger charge is -2.07. The number of primary amides is 1. The van der Waals surface area contributed by atoms with Crippen molar-refractivity contribution in [2.45, 2.75) is 11.8 Å². The van der Waals surface area contributed by atoms with Crippen LogP contribution in [0.3, 0.4) is 0 Å². The van der Waals surface area contributed by atoms with Crippen LogP contribution in [0.25, 0.3) is 0 Å². The fourth-order valence-electron chi connectivity index (χ4n) is 0.938. The van der Waals surface area contributed by atoms with Gasteiger partial charge in [0.15, 0.2) is 0 Å². The molecule has 1 aromatic carbocycles. The van der Waals surface area contributed by atoms with E-state index in [-0.39, 0.29) is 0 Å². The van der Waals surface area contributed by atoms with E-state index in [4.69, 9.17) is 5.73 Å². The molecule has 12 heavy (non-hydrogen) atoms. The standard InChI is InChI=1S/C8H10N2OS/c1-5-3-2-4-6(12)7(5)10-8(9)11/h2-4,12H,1H3,(H3,9,10,11). The number of nitrogens with two attached hydrogens (primary N) is 1. The van der Waals surface area contributed by atoms with Crippen LogP contribution >= 0.6 is 12.6 Å². The van der Waals surface area contributed by atoms with E-state index in [1.807, 2.05) is 19.1 Å². The van der Waals surface area contributed by atoms with Crippen molar-refractivity contribution in [1.29, 1.82) is 0 Å². The average Bonchev–Trinajstić information content (AvgIpc) is 1.97. The van der Waals surface area contributed by atoms with E-state index in [0.717, 1.165) is 5.56 Å². The topological polar surface area (TPSA) is 55.1 Å². The highest BCUT2D eigenvalue weighted by Crippen LogP contribution is 2.22. The lowest BCUT2D eigenvalue weighted by atomic mass is 10.2. The first kappa shape index (κ1) is 8.93. The molecule has 3 N–H and O–H groups in total. The summed E-state index contributed by atoms with van der Waals surface area (Å²) in [5, 5.41) is 2.50. The summed E-state index contributed by atoms with van der Waals surface area (Å²) in [6, 6.07) is 4.97. The number of nitrogens with one attached hydrogen (secondary N) is 1. The molecule has 0 heterocycles. The van der Waals surface area contributed by atoms with Crippen molar-refractivity contribution in [2.75, 3.05) is 5.32 Å². The van der Waals surface area contributed by atoms with Crippen LogP contribution in [0, 0.1) is 6.92 Å². The second kappa shape index (κ2) is 3.49. The second-order valence-corrected chi connectivity index (χ2v) is 2.94. The zero-order valence-electron chi connectivity index (χ0n) is 6.66. The average molecular weight is 182 g/mol. The van der Waals surface area contributed by atoms with Crippen molar-refractivity contribution in [3.8, 4) is 0 Å². The van der Waals surface area contributed by atoms with E-state index in [9.17, 15) is 4.79 Å². The summed E-state index contributed by atoms with van der Waals surface area (Å²) in [5.41, 5.74) is 6.60. The molecule has 64 valence electrons. The molecule has 0 saturated heterocycles. The molecule has 0 saturated carbocycles. The zero-order chi connectivity index (χ0) is 9.14. The highest BCUT2D eigenvalue weighted by molar-refractivity contribution is 7.80.